The minimum Gasteiger partial charge on any atom is -0.492 e. The van der Waals surface area contributed by atoms with Crippen molar-refractivity contribution in [2.75, 3.05) is 13.2 Å². The van der Waals surface area contributed by atoms with Crippen LogP contribution < -0.4 is 10.1 Å². The molecule has 1 heterocycles. The van der Waals surface area contributed by atoms with Crippen molar-refractivity contribution in [2.24, 2.45) is 0 Å². The molecule has 0 unspecified atom stereocenters. The number of carbonyl (C=O) groups is 2. The van der Waals surface area contributed by atoms with E-state index >= 15 is 0 Å². The minimum absolute atomic E-state index is 0.0864. The molecule has 1 saturated heterocycles. The van der Waals surface area contributed by atoms with E-state index in [2.05, 4.69) is 5.32 Å². The predicted molar refractivity (Wildman–Crippen MR) is 73.4 cm³/mol. The summed E-state index contributed by atoms with van der Waals surface area (Å²) in [7, 11) is 0. The highest BCUT2D eigenvalue weighted by Crippen LogP contribution is 2.34. The average Bonchev–Trinajstić information content (AvgIpc) is 3.01. The van der Waals surface area contributed by atoms with Crippen LogP contribution in [0, 0.1) is 0 Å². The van der Waals surface area contributed by atoms with Crippen molar-refractivity contribution >= 4 is 11.9 Å². The molecule has 0 bridgehead atoms. The van der Waals surface area contributed by atoms with Crippen LogP contribution in [-0.4, -0.2) is 35.5 Å². The quantitative estimate of drug-likeness (QED) is 0.853. The van der Waals surface area contributed by atoms with Gasteiger partial charge < -0.3 is 10.1 Å². The number of benzene rings is 1. The Morgan fingerprint density at radius 3 is 2.55 bits per heavy atom. The van der Waals surface area contributed by atoms with Gasteiger partial charge in [-0.15, -0.1) is 0 Å². The average molecular weight is 274 g/mol. The van der Waals surface area contributed by atoms with Crippen molar-refractivity contribution in [3.63, 3.8) is 0 Å². The first-order valence-electron chi connectivity index (χ1n) is 7.03. The van der Waals surface area contributed by atoms with E-state index in [1.807, 2.05) is 30.3 Å². The van der Waals surface area contributed by atoms with Crippen molar-refractivity contribution in [1.82, 2.24) is 10.2 Å². The molecule has 1 spiro atoms. The number of hydrogen-bond acceptors (Lipinski definition) is 3. The highest BCUT2D eigenvalue weighted by atomic mass is 16.5. The van der Waals surface area contributed by atoms with Crippen LogP contribution in [0.3, 0.4) is 0 Å². The number of imide groups is 1. The predicted octanol–water partition coefficient (Wildman–Crippen LogP) is 1.93. The van der Waals surface area contributed by atoms with E-state index in [-0.39, 0.29) is 11.9 Å². The maximum absolute atomic E-state index is 12.4. The number of amides is 3. The second kappa shape index (κ2) is 5.15. The second-order valence-electron chi connectivity index (χ2n) is 5.34. The van der Waals surface area contributed by atoms with E-state index in [9.17, 15) is 9.59 Å². The summed E-state index contributed by atoms with van der Waals surface area (Å²) in [5.41, 5.74) is -0.621. The summed E-state index contributed by atoms with van der Waals surface area (Å²) in [6.07, 6.45) is 3.52. The third-order valence-corrected chi connectivity index (χ3v) is 4.03. The Bertz CT molecular complexity index is 509. The number of hydrogen-bond donors (Lipinski definition) is 1. The van der Waals surface area contributed by atoms with Gasteiger partial charge in [0, 0.05) is 0 Å². The van der Waals surface area contributed by atoms with Gasteiger partial charge in [-0.3, -0.25) is 9.69 Å². The Morgan fingerprint density at radius 2 is 1.85 bits per heavy atom. The fraction of sp³-hybridized carbons (Fsp3) is 0.467. The number of carbonyl (C=O) groups excluding carboxylic acids is 2. The molecule has 1 saturated carbocycles. The molecular formula is C15H18N2O3. The topological polar surface area (TPSA) is 58.6 Å². The van der Waals surface area contributed by atoms with Gasteiger partial charge >= 0.3 is 6.03 Å². The fourth-order valence-corrected chi connectivity index (χ4v) is 2.97. The Kier molecular flexibility index (Phi) is 3.34. The lowest BCUT2D eigenvalue weighted by molar-refractivity contribution is -0.131. The molecule has 1 aliphatic carbocycles. The first kappa shape index (κ1) is 13.0. The summed E-state index contributed by atoms with van der Waals surface area (Å²) in [6.45, 7) is 0.612. The van der Waals surface area contributed by atoms with Gasteiger partial charge in [0.15, 0.2) is 0 Å². The van der Waals surface area contributed by atoms with Crippen LogP contribution >= 0.6 is 0 Å². The summed E-state index contributed by atoms with van der Waals surface area (Å²) in [4.78, 5) is 25.6. The monoisotopic (exact) mass is 274 g/mol. The smallest absolute Gasteiger partial charge is 0.325 e. The van der Waals surface area contributed by atoms with E-state index in [1.54, 1.807) is 0 Å². The third-order valence-electron chi connectivity index (χ3n) is 4.03. The van der Waals surface area contributed by atoms with Crippen LogP contribution in [0.15, 0.2) is 30.3 Å². The highest BCUT2D eigenvalue weighted by molar-refractivity contribution is 6.07. The summed E-state index contributed by atoms with van der Waals surface area (Å²) >= 11 is 0. The van der Waals surface area contributed by atoms with Gasteiger partial charge in [-0.25, -0.2) is 4.79 Å². The van der Waals surface area contributed by atoms with Crippen LogP contribution in [0.25, 0.3) is 0 Å². The lowest BCUT2D eigenvalue weighted by atomic mass is 9.98. The van der Waals surface area contributed by atoms with Gasteiger partial charge in [0.1, 0.15) is 17.9 Å². The zero-order valence-electron chi connectivity index (χ0n) is 11.3. The van der Waals surface area contributed by atoms with Gasteiger partial charge in [-0.2, -0.15) is 0 Å². The summed E-state index contributed by atoms with van der Waals surface area (Å²) in [6, 6.07) is 9.10. The van der Waals surface area contributed by atoms with Gasteiger partial charge in [-0.1, -0.05) is 31.0 Å². The van der Waals surface area contributed by atoms with E-state index < -0.39 is 5.54 Å². The molecule has 1 aromatic rings. The van der Waals surface area contributed by atoms with Gasteiger partial charge in [0.25, 0.3) is 5.91 Å². The SMILES string of the molecule is O=C1NC2(CCCC2)C(=O)N1CCOc1ccccc1. The number of para-hydroxylation sites is 1. The Hall–Kier alpha value is -2.04. The van der Waals surface area contributed by atoms with Gasteiger partial charge in [0.2, 0.25) is 0 Å². The van der Waals surface area contributed by atoms with Crippen molar-refractivity contribution in [1.29, 1.82) is 0 Å². The Morgan fingerprint density at radius 1 is 1.15 bits per heavy atom. The maximum atomic E-state index is 12.4. The van der Waals surface area contributed by atoms with E-state index in [1.165, 1.54) is 4.90 Å². The number of nitrogens with one attached hydrogen (secondary N) is 1. The van der Waals surface area contributed by atoms with Gasteiger partial charge in [-0.05, 0) is 25.0 Å². The summed E-state index contributed by atoms with van der Waals surface area (Å²) in [5, 5.41) is 2.86. The van der Waals surface area contributed by atoms with Crippen LogP contribution in [0.1, 0.15) is 25.7 Å². The fourth-order valence-electron chi connectivity index (χ4n) is 2.97. The van der Waals surface area contributed by atoms with Crippen LogP contribution in [0.4, 0.5) is 4.79 Å². The molecule has 2 fully saturated rings. The molecule has 1 aromatic carbocycles. The molecule has 0 atom stereocenters. The molecular weight excluding hydrogens is 256 g/mol. The Balaban J connectivity index is 1.58. The molecule has 5 heteroatoms. The lowest BCUT2D eigenvalue weighted by Crippen LogP contribution is -2.44. The first-order valence-corrected chi connectivity index (χ1v) is 7.03. The molecule has 5 nitrogen and oxygen atoms in total. The van der Waals surface area contributed by atoms with Crippen molar-refractivity contribution in [3.05, 3.63) is 30.3 Å². The number of nitrogens with zero attached hydrogens (tertiary/aromatic N) is 1. The largest absolute Gasteiger partial charge is 0.492 e. The summed E-state index contributed by atoms with van der Waals surface area (Å²) < 4.78 is 5.54. The van der Waals surface area contributed by atoms with Crippen molar-refractivity contribution in [2.45, 2.75) is 31.2 Å². The van der Waals surface area contributed by atoms with Crippen LogP contribution in [-0.2, 0) is 4.79 Å². The number of urea groups is 1. The number of rotatable bonds is 4. The number of ether oxygens (including phenoxy) is 1. The van der Waals surface area contributed by atoms with Crippen LogP contribution in [0.2, 0.25) is 0 Å². The van der Waals surface area contributed by atoms with Crippen molar-refractivity contribution in [3.8, 4) is 5.75 Å². The van der Waals surface area contributed by atoms with E-state index in [4.69, 9.17) is 4.74 Å². The Labute approximate surface area is 117 Å². The molecule has 3 rings (SSSR count). The van der Waals surface area contributed by atoms with Crippen molar-refractivity contribution < 1.29 is 14.3 Å². The molecule has 20 heavy (non-hydrogen) atoms. The molecule has 1 N–H and O–H groups in total. The molecule has 2 aliphatic rings. The molecule has 0 aromatic heterocycles. The normalized spacial score (nSPS) is 20.5. The zero-order chi connectivity index (χ0) is 14.0. The lowest BCUT2D eigenvalue weighted by Gasteiger charge is -2.20. The standard InChI is InChI=1S/C15H18N2O3/c18-13-15(8-4-5-9-15)16-14(19)17(13)10-11-20-12-6-2-1-3-7-12/h1-3,6-7H,4-5,8-11H2,(H,16,19). The molecule has 106 valence electrons. The van der Waals surface area contributed by atoms with Crippen LogP contribution in [0.5, 0.6) is 5.75 Å². The van der Waals surface area contributed by atoms with E-state index in [0.29, 0.717) is 13.2 Å². The van der Waals surface area contributed by atoms with Gasteiger partial charge in [0.05, 0.1) is 6.54 Å². The molecule has 1 aliphatic heterocycles. The summed E-state index contributed by atoms with van der Waals surface area (Å²) in [5.74, 6) is 0.659. The maximum Gasteiger partial charge on any atom is 0.325 e. The van der Waals surface area contributed by atoms with E-state index in [0.717, 1.165) is 31.4 Å². The molecule has 3 amide bonds. The third kappa shape index (κ3) is 2.24. The second-order valence-corrected chi connectivity index (χ2v) is 5.34. The minimum atomic E-state index is -0.621. The highest BCUT2D eigenvalue weighted by Gasteiger charge is 2.52. The zero-order valence-corrected chi connectivity index (χ0v) is 11.3. The molecule has 0 radical (unpaired) electrons. The first-order chi connectivity index (χ1) is 9.71.